The lowest BCUT2D eigenvalue weighted by molar-refractivity contribution is -0.119. The van der Waals surface area contributed by atoms with Crippen molar-refractivity contribution in [1.29, 1.82) is 0 Å². The number of hydrogen-bond acceptors (Lipinski definition) is 5. The summed E-state index contributed by atoms with van der Waals surface area (Å²) in [5.74, 6) is 0.713. The van der Waals surface area contributed by atoms with E-state index < -0.39 is 10.0 Å². The van der Waals surface area contributed by atoms with Crippen LogP contribution < -0.4 is 14.2 Å². The van der Waals surface area contributed by atoms with Crippen LogP contribution in [0.3, 0.4) is 0 Å². The van der Waals surface area contributed by atoms with Gasteiger partial charge >= 0.3 is 0 Å². The maximum atomic E-state index is 11.7. The maximum absolute atomic E-state index is 11.7. The van der Waals surface area contributed by atoms with Crippen molar-refractivity contribution in [1.82, 2.24) is 4.72 Å². The van der Waals surface area contributed by atoms with Gasteiger partial charge in [0.1, 0.15) is 12.4 Å². The summed E-state index contributed by atoms with van der Waals surface area (Å²) in [6.07, 6.45) is 4.51. The summed E-state index contributed by atoms with van der Waals surface area (Å²) < 4.78 is 35.2. The van der Waals surface area contributed by atoms with Crippen LogP contribution in [0.4, 0.5) is 0 Å². The summed E-state index contributed by atoms with van der Waals surface area (Å²) in [4.78, 5) is 11.7. The van der Waals surface area contributed by atoms with Gasteiger partial charge in [0.25, 0.3) is 0 Å². The molecule has 0 saturated carbocycles. The van der Waals surface area contributed by atoms with Crippen LogP contribution in [0.2, 0.25) is 10.0 Å². The maximum Gasteiger partial charge on any atom is 0.209 e. The Morgan fingerprint density at radius 1 is 1.00 bits per heavy atom. The van der Waals surface area contributed by atoms with Crippen molar-refractivity contribution in [2.45, 2.75) is 32.6 Å². The van der Waals surface area contributed by atoms with E-state index in [1.54, 1.807) is 12.1 Å². The van der Waals surface area contributed by atoms with Gasteiger partial charge in [-0.05, 0) is 54.7 Å². The van der Waals surface area contributed by atoms with Crippen molar-refractivity contribution in [2.24, 2.45) is 0 Å². The van der Waals surface area contributed by atoms with Crippen LogP contribution in [0.25, 0.3) is 0 Å². The summed E-state index contributed by atoms with van der Waals surface area (Å²) in [5.41, 5.74) is 2.11. The molecule has 2 rings (SSSR count). The summed E-state index contributed by atoms with van der Waals surface area (Å²) >= 11 is 12.7. The molecule has 0 fully saturated rings. The molecule has 1 N–H and O–H groups in total. The number of nitrogens with one attached hydrogen (secondary N) is 1. The number of rotatable bonds is 13. The minimum Gasteiger partial charge on any atom is -0.490 e. The molecule has 0 aliphatic heterocycles. The Morgan fingerprint density at radius 2 is 1.61 bits per heavy atom. The number of halogens is 2. The molecule has 0 aliphatic rings. The van der Waals surface area contributed by atoms with Gasteiger partial charge in [-0.15, -0.1) is 0 Å². The first-order valence-corrected chi connectivity index (χ1v) is 12.6. The smallest absolute Gasteiger partial charge is 0.209 e. The molecule has 0 aliphatic carbocycles. The third-order valence-electron chi connectivity index (χ3n) is 4.36. The Balaban J connectivity index is 1.84. The largest absolute Gasteiger partial charge is 0.490 e. The first-order valence-electron chi connectivity index (χ1n) is 9.96. The zero-order valence-electron chi connectivity index (χ0n) is 17.6. The lowest BCUT2D eigenvalue weighted by Gasteiger charge is -2.12. The Kier molecular flexibility index (Phi) is 10.1. The highest BCUT2D eigenvalue weighted by molar-refractivity contribution is 7.88. The van der Waals surface area contributed by atoms with Crippen LogP contribution in [0.5, 0.6) is 11.5 Å². The third kappa shape index (κ3) is 9.47. The quantitative estimate of drug-likeness (QED) is 0.421. The number of sulfonamides is 1. The van der Waals surface area contributed by atoms with E-state index in [1.165, 1.54) is 0 Å². The van der Waals surface area contributed by atoms with Crippen molar-refractivity contribution in [3.05, 3.63) is 57.6 Å². The fourth-order valence-electron chi connectivity index (χ4n) is 2.68. The van der Waals surface area contributed by atoms with E-state index in [9.17, 15) is 13.2 Å². The number of ketones is 1. The van der Waals surface area contributed by atoms with Gasteiger partial charge in [-0.1, -0.05) is 48.7 Å². The Bertz CT molecular complexity index is 955. The highest BCUT2D eigenvalue weighted by Crippen LogP contribution is 2.34. The van der Waals surface area contributed by atoms with Crippen LogP contribution >= 0.6 is 23.2 Å². The zero-order chi connectivity index (χ0) is 22.9. The molecule has 9 heteroatoms. The molecule has 31 heavy (non-hydrogen) atoms. The Labute approximate surface area is 193 Å². The van der Waals surface area contributed by atoms with Gasteiger partial charge in [-0.3, -0.25) is 4.79 Å². The number of benzene rings is 2. The topological polar surface area (TPSA) is 81.7 Å². The van der Waals surface area contributed by atoms with Crippen molar-refractivity contribution >= 4 is 39.0 Å². The molecule has 0 aromatic heterocycles. The number of hydrogen-bond donors (Lipinski definition) is 1. The number of aryl methyl sites for hydroxylation is 2. The standard InChI is InChI=1S/C22H27Cl2NO5S/c1-3-4-11-29-22-20(23)12-17(13-21(22)24)6-5-16-7-9-19(10-8-16)30-15-18(26)14-25-31(2,27)28/h7-10,12-13,25H,3-6,11,14-15H2,1-2H3. The first-order chi connectivity index (χ1) is 14.7. The molecule has 0 atom stereocenters. The lowest BCUT2D eigenvalue weighted by Crippen LogP contribution is -2.31. The molecule has 0 amide bonds. The van der Waals surface area contributed by atoms with Crippen LogP contribution in [0.15, 0.2) is 36.4 Å². The van der Waals surface area contributed by atoms with Gasteiger partial charge in [0.15, 0.2) is 11.5 Å². The molecule has 0 unspecified atom stereocenters. The first kappa shape index (κ1) is 25.5. The van der Waals surface area contributed by atoms with E-state index in [1.807, 2.05) is 24.3 Å². The lowest BCUT2D eigenvalue weighted by atomic mass is 10.0. The van der Waals surface area contributed by atoms with Crippen molar-refractivity contribution < 1.29 is 22.7 Å². The molecule has 6 nitrogen and oxygen atoms in total. The molecule has 2 aromatic rings. The number of Topliss-reactive ketones (excluding diaryl/α,β-unsaturated/α-hetero) is 1. The van der Waals surface area contributed by atoms with E-state index in [2.05, 4.69) is 11.6 Å². The number of carbonyl (C=O) groups is 1. The summed E-state index contributed by atoms with van der Waals surface area (Å²) in [6, 6.07) is 11.1. The van der Waals surface area contributed by atoms with E-state index in [4.69, 9.17) is 32.7 Å². The van der Waals surface area contributed by atoms with Gasteiger partial charge in [0.05, 0.1) is 29.5 Å². The van der Waals surface area contributed by atoms with E-state index >= 15 is 0 Å². The van der Waals surface area contributed by atoms with E-state index in [0.29, 0.717) is 28.2 Å². The molecule has 170 valence electrons. The minimum absolute atomic E-state index is 0.203. The summed E-state index contributed by atoms with van der Waals surface area (Å²) in [5, 5.41) is 1.02. The predicted molar refractivity (Wildman–Crippen MR) is 124 cm³/mol. The van der Waals surface area contributed by atoms with Crippen LogP contribution in [-0.4, -0.2) is 40.2 Å². The van der Waals surface area contributed by atoms with Crippen molar-refractivity contribution in [3.8, 4) is 11.5 Å². The van der Waals surface area contributed by atoms with Crippen LogP contribution in [0, 0.1) is 0 Å². The van der Waals surface area contributed by atoms with E-state index in [-0.39, 0.29) is 18.9 Å². The fourth-order valence-corrected chi connectivity index (χ4v) is 3.75. The van der Waals surface area contributed by atoms with Crippen molar-refractivity contribution in [3.63, 3.8) is 0 Å². The second-order valence-corrected chi connectivity index (χ2v) is 9.80. The van der Waals surface area contributed by atoms with Crippen LogP contribution in [-0.2, 0) is 27.7 Å². The molecule has 0 saturated heterocycles. The molecule has 0 heterocycles. The molecule has 0 spiro atoms. The molecule has 2 aromatic carbocycles. The highest BCUT2D eigenvalue weighted by atomic mass is 35.5. The second-order valence-electron chi connectivity index (χ2n) is 7.16. The van der Waals surface area contributed by atoms with Gasteiger partial charge in [0, 0.05) is 0 Å². The predicted octanol–water partition coefficient (Wildman–Crippen LogP) is 4.45. The average Bonchev–Trinajstić information content (AvgIpc) is 2.71. The van der Waals surface area contributed by atoms with Gasteiger partial charge < -0.3 is 9.47 Å². The van der Waals surface area contributed by atoms with Crippen LogP contribution in [0.1, 0.15) is 30.9 Å². The minimum atomic E-state index is -3.40. The van der Waals surface area contributed by atoms with Crippen molar-refractivity contribution in [2.75, 3.05) is 26.0 Å². The molecule has 0 radical (unpaired) electrons. The molecular formula is C22H27Cl2NO5S. The summed E-state index contributed by atoms with van der Waals surface area (Å²) in [6.45, 7) is 2.19. The fraction of sp³-hybridized carbons (Fsp3) is 0.409. The Morgan fingerprint density at radius 3 is 2.19 bits per heavy atom. The number of unbranched alkanes of at least 4 members (excludes halogenated alkanes) is 1. The third-order valence-corrected chi connectivity index (χ3v) is 5.59. The number of carbonyl (C=O) groups excluding carboxylic acids is 1. The van der Waals surface area contributed by atoms with Gasteiger partial charge in [-0.2, -0.15) is 0 Å². The monoisotopic (exact) mass is 487 g/mol. The summed E-state index contributed by atoms with van der Waals surface area (Å²) in [7, 11) is -3.40. The SMILES string of the molecule is CCCCOc1c(Cl)cc(CCc2ccc(OCC(=O)CNS(C)(=O)=O)cc2)cc1Cl. The highest BCUT2D eigenvalue weighted by Gasteiger charge is 2.11. The molecule has 0 bridgehead atoms. The normalized spacial score (nSPS) is 11.4. The molecular weight excluding hydrogens is 461 g/mol. The zero-order valence-corrected chi connectivity index (χ0v) is 19.9. The van der Waals surface area contributed by atoms with Gasteiger partial charge in [-0.25, -0.2) is 13.1 Å². The second kappa shape index (κ2) is 12.3. The van der Waals surface area contributed by atoms with Gasteiger partial charge in [0.2, 0.25) is 10.0 Å². The Hall–Kier alpha value is -1.80. The number of ether oxygens (including phenoxy) is 2. The average molecular weight is 488 g/mol. The van der Waals surface area contributed by atoms with E-state index in [0.717, 1.165) is 43.1 Å².